The summed E-state index contributed by atoms with van der Waals surface area (Å²) in [6.45, 7) is 6.69. The van der Waals surface area contributed by atoms with E-state index in [1.807, 2.05) is 0 Å². The molecular formula is C8H14BrO5P. The first kappa shape index (κ1) is 14.8. The van der Waals surface area contributed by atoms with Crippen molar-refractivity contribution < 1.29 is 22.9 Å². The predicted molar refractivity (Wildman–Crippen MR) is 59.9 cm³/mol. The lowest BCUT2D eigenvalue weighted by atomic mass is 10.4. The zero-order valence-electron chi connectivity index (χ0n) is 8.69. The maximum Gasteiger partial charge on any atom is 0.532 e. The molecule has 0 rings (SSSR count). The molecule has 0 aromatic heterocycles. The maximum absolute atomic E-state index is 11.7. The fourth-order valence-electron chi connectivity index (χ4n) is 0.574. The Morgan fingerprint density at radius 2 is 2.07 bits per heavy atom. The quantitative estimate of drug-likeness (QED) is 0.411. The number of hydrogen-bond donors (Lipinski definition) is 0. The summed E-state index contributed by atoms with van der Waals surface area (Å²) >= 11 is 3.09. The minimum atomic E-state index is -3.79. The van der Waals surface area contributed by atoms with Crippen molar-refractivity contribution in [2.45, 2.75) is 13.8 Å². The molecule has 0 amide bonds. The van der Waals surface area contributed by atoms with Crippen LogP contribution in [0, 0.1) is 0 Å². The number of carbonyl (C=O) groups is 1. The lowest BCUT2D eigenvalue weighted by Gasteiger charge is -2.15. The summed E-state index contributed by atoms with van der Waals surface area (Å²) in [6.07, 6.45) is 0. The Labute approximate surface area is 97.5 Å². The van der Waals surface area contributed by atoms with Crippen LogP contribution in [0.15, 0.2) is 12.2 Å². The molecule has 0 aromatic carbocycles. The summed E-state index contributed by atoms with van der Waals surface area (Å²) in [6, 6.07) is 0. The molecule has 7 heteroatoms. The van der Waals surface area contributed by atoms with Crippen LogP contribution >= 0.6 is 23.8 Å². The van der Waals surface area contributed by atoms with Crippen molar-refractivity contribution in [3.8, 4) is 0 Å². The molecule has 0 heterocycles. The van der Waals surface area contributed by atoms with Crippen molar-refractivity contribution in [3.05, 3.63) is 12.2 Å². The highest BCUT2D eigenvalue weighted by molar-refractivity contribution is 9.09. The van der Waals surface area contributed by atoms with Gasteiger partial charge in [0.15, 0.2) is 0 Å². The molecule has 5 nitrogen and oxygen atoms in total. The molecule has 88 valence electrons. The molecule has 0 fully saturated rings. The highest BCUT2D eigenvalue weighted by atomic mass is 79.9. The molecule has 1 unspecified atom stereocenters. The minimum absolute atomic E-state index is 0.126. The van der Waals surface area contributed by atoms with Crippen molar-refractivity contribution in [1.29, 1.82) is 0 Å². The van der Waals surface area contributed by atoms with Gasteiger partial charge in [-0.2, -0.15) is 0 Å². The van der Waals surface area contributed by atoms with Gasteiger partial charge in [-0.15, -0.1) is 0 Å². The van der Waals surface area contributed by atoms with Crippen LogP contribution in [0.1, 0.15) is 13.8 Å². The van der Waals surface area contributed by atoms with Gasteiger partial charge in [-0.25, -0.2) is 9.36 Å². The molecule has 0 saturated carbocycles. The molecule has 0 aliphatic carbocycles. The Morgan fingerprint density at radius 1 is 1.47 bits per heavy atom. The van der Waals surface area contributed by atoms with Crippen LogP contribution in [0.4, 0.5) is 0 Å². The molecule has 0 bridgehead atoms. The topological polar surface area (TPSA) is 61.8 Å². The molecule has 0 N–H and O–H groups in total. The van der Waals surface area contributed by atoms with Crippen LogP contribution in [-0.2, 0) is 22.9 Å². The number of phosphoric ester groups is 1. The fourth-order valence-corrected chi connectivity index (χ4v) is 2.16. The zero-order chi connectivity index (χ0) is 11.9. The second kappa shape index (κ2) is 7.17. The molecule has 0 aliphatic rings. The first-order chi connectivity index (χ1) is 6.95. The maximum atomic E-state index is 11.7. The van der Waals surface area contributed by atoms with Crippen molar-refractivity contribution in [3.63, 3.8) is 0 Å². The lowest BCUT2D eigenvalue weighted by molar-refractivity contribution is -0.131. The third-order valence-corrected chi connectivity index (χ3v) is 2.94. The SMILES string of the molecule is C=C(C)C(=O)OP(=O)(OCC)OCCBr. The van der Waals surface area contributed by atoms with E-state index in [4.69, 9.17) is 9.05 Å². The van der Waals surface area contributed by atoms with Gasteiger partial charge < -0.3 is 4.52 Å². The number of rotatable bonds is 7. The number of alkyl halides is 1. The van der Waals surface area contributed by atoms with Crippen LogP contribution in [0.2, 0.25) is 0 Å². The summed E-state index contributed by atoms with van der Waals surface area (Å²) in [5.41, 5.74) is 0.136. The minimum Gasteiger partial charge on any atom is -0.367 e. The molecule has 1 atom stereocenters. The van der Waals surface area contributed by atoms with Gasteiger partial charge >= 0.3 is 13.8 Å². The van der Waals surface area contributed by atoms with Crippen molar-refractivity contribution in [2.75, 3.05) is 18.5 Å². The predicted octanol–water partition coefficient (Wildman–Crippen LogP) is 2.66. The molecule has 0 aromatic rings. The van der Waals surface area contributed by atoms with Crippen LogP contribution in [0.3, 0.4) is 0 Å². The van der Waals surface area contributed by atoms with Crippen molar-refractivity contribution >= 4 is 29.7 Å². The van der Waals surface area contributed by atoms with E-state index in [-0.39, 0.29) is 18.8 Å². The van der Waals surface area contributed by atoms with E-state index in [0.29, 0.717) is 5.33 Å². The normalized spacial score (nSPS) is 14.3. The Morgan fingerprint density at radius 3 is 2.47 bits per heavy atom. The molecule has 0 radical (unpaired) electrons. The third-order valence-electron chi connectivity index (χ3n) is 1.16. The third kappa shape index (κ3) is 6.10. The van der Waals surface area contributed by atoms with Crippen LogP contribution in [0.5, 0.6) is 0 Å². The van der Waals surface area contributed by atoms with E-state index in [1.165, 1.54) is 6.92 Å². The lowest BCUT2D eigenvalue weighted by Crippen LogP contribution is -2.08. The first-order valence-corrected chi connectivity index (χ1v) is 6.88. The summed E-state index contributed by atoms with van der Waals surface area (Å²) < 4.78 is 26.0. The van der Waals surface area contributed by atoms with Crippen molar-refractivity contribution in [2.24, 2.45) is 0 Å². The molecule has 0 aliphatic heterocycles. The Hall–Kier alpha value is -0.160. The highest BCUT2D eigenvalue weighted by Crippen LogP contribution is 2.49. The van der Waals surface area contributed by atoms with E-state index in [1.54, 1.807) is 6.92 Å². The Kier molecular flexibility index (Phi) is 7.09. The van der Waals surface area contributed by atoms with Crippen LogP contribution in [-0.4, -0.2) is 24.5 Å². The number of hydrogen-bond acceptors (Lipinski definition) is 5. The van der Waals surface area contributed by atoms with Crippen LogP contribution in [0.25, 0.3) is 0 Å². The second-order valence-corrected chi connectivity index (χ2v) is 4.93. The monoisotopic (exact) mass is 300 g/mol. The van der Waals surface area contributed by atoms with Gasteiger partial charge in [0.1, 0.15) is 0 Å². The fraction of sp³-hybridized carbons (Fsp3) is 0.625. The van der Waals surface area contributed by atoms with Gasteiger partial charge in [-0.3, -0.25) is 9.05 Å². The number of phosphoric acid groups is 1. The zero-order valence-corrected chi connectivity index (χ0v) is 11.2. The van der Waals surface area contributed by atoms with Crippen molar-refractivity contribution in [1.82, 2.24) is 0 Å². The average Bonchev–Trinajstić information content (AvgIpc) is 2.15. The molecular weight excluding hydrogens is 287 g/mol. The average molecular weight is 301 g/mol. The summed E-state index contributed by atoms with van der Waals surface area (Å²) in [4.78, 5) is 11.1. The summed E-state index contributed by atoms with van der Waals surface area (Å²) in [5, 5.41) is 0.467. The highest BCUT2D eigenvalue weighted by Gasteiger charge is 2.30. The summed E-state index contributed by atoms with van der Waals surface area (Å²) in [5.74, 6) is -0.790. The van der Waals surface area contributed by atoms with Gasteiger partial charge in [0.05, 0.1) is 13.2 Å². The van der Waals surface area contributed by atoms with Gasteiger partial charge in [0.25, 0.3) is 0 Å². The van der Waals surface area contributed by atoms with E-state index in [2.05, 4.69) is 27.0 Å². The van der Waals surface area contributed by atoms with Gasteiger partial charge in [0.2, 0.25) is 0 Å². The standard InChI is InChI=1S/C8H14BrO5P/c1-4-12-15(11,13-6-5-9)14-8(10)7(2)3/h2,4-6H2,1,3H3. The van der Waals surface area contributed by atoms with E-state index >= 15 is 0 Å². The van der Waals surface area contributed by atoms with E-state index < -0.39 is 13.8 Å². The second-order valence-electron chi connectivity index (χ2n) is 2.55. The number of carbonyl (C=O) groups excluding carboxylic acids is 1. The van der Waals surface area contributed by atoms with Gasteiger partial charge in [-0.1, -0.05) is 22.5 Å². The molecule has 0 spiro atoms. The van der Waals surface area contributed by atoms with Gasteiger partial charge in [0, 0.05) is 10.9 Å². The molecule has 15 heavy (non-hydrogen) atoms. The molecule has 0 saturated heterocycles. The Balaban J connectivity index is 4.43. The number of halogens is 1. The van der Waals surface area contributed by atoms with Gasteiger partial charge in [-0.05, 0) is 13.8 Å². The van der Waals surface area contributed by atoms with E-state index in [9.17, 15) is 9.36 Å². The van der Waals surface area contributed by atoms with E-state index in [0.717, 1.165) is 0 Å². The van der Waals surface area contributed by atoms with Crippen LogP contribution < -0.4 is 0 Å². The smallest absolute Gasteiger partial charge is 0.367 e. The largest absolute Gasteiger partial charge is 0.532 e. The first-order valence-electron chi connectivity index (χ1n) is 4.29. The Bertz CT molecular complexity index is 278. The summed E-state index contributed by atoms with van der Waals surface area (Å²) in [7, 11) is -3.79.